The number of hydrogen-bond acceptors (Lipinski definition) is 5. The van der Waals surface area contributed by atoms with Gasteiger partial charge in [0.05, 0.1) is 18.1 Å². The highest BCUT2D eigenvalue weighted by atomic mass is 32.2. The van der Waals surface area contributed by atoms with E-state index in [1.165, 1.54) is 4.90 Å². The van der Waals surface area contributed by atoms with Gasteiger partial charge in [0.15, 0.2) is 9.84 Å². The van der Waals surface area contributed by atoms with Crippen molar-refractivity contribution in [3.05, 3.63) is 0 Å². The summed E-state index contributed by atoms with van der Waals surface area (Å²) in [5.74, 6) is 0.0522. The van der Waals surface area contributed by atoms with Crippen LogP contribution in [0.5, 0.6) is 0 Å². The minimum Gasteiger partial charge on any atom is -0.395 e. The van der Waals surface area contributed by atoms with E-state index in [9.17, 15) is 13.2 Å². The number of sulfone groups is 1. The third-order valence-corrected chi connectivity index (χ3v) is 5.05. The van der Waals surface area contributed by atoms with Gasteiger partial charge in [0.2, 0.25) is 5.91 Å². The van der Waals surface area contributed by atoms with Gasteiger partial charge in [-0.3, -0.25) is 4.79 Å². The van der Waals surface area contributed by atoms with Gasteiger partial charge in [-0.15, -0.1) is 0 Å². The van der Waals surface area contributed by atoms with Crippen LogP contribution in [-0.2, 0) is 14.6 Å². The summed E-state index contributed by atoms with van der Waals surface area (Å²) >= 11 is 0. The van der Waals surface area contributed by atoms with E-state index in [0.29, 0.717) is 19.4 Å². The molecule has 1 rings (SSSR count). The van der Waals surface area contributed by atoms with Gasteiger partial charge in [0.1, 0.15) is 0 Å². The molecule has 1 fully saturated rings. The smallest absolute Gasteiger partial charge is 0.224 e. The first-order valence-corrected chi connectivity index (χ1v) is 8.82. The lowest BCUT2D eigenvalue weighted by Gasteiger charge is -2.28. The first-order valence-electron chi connectivity index (χ1n) is 7.00. The Morgan fingerprint density at radius 3 is 2.50 bits per heavy atom. The van der Waals surface area contributed by atoms with Crippen LogP contribution in [0.25, 0.3) is 0 Å². The van der Waals surface area contributed by atoms with Crippen molar-refractivity contribution in [3.63, 3.8) is 0 Å². The van der Waals surface area contributed by atoms with Gasteiger partial charge in [-0.2, -0.15) is 0 Å². The zero-order valence-electron chi connectivity index (χ0n) is 12.6. The van der Waals surface area contributed by atoms with Crippen LogP contribution in [0.1, 0.15) is 33.6 Å². The fourth-order valence-electron chi connectivity index (χ4n) is 2.33. The normalized spacial score (nSPS) is 21.9. The molecule has 1 atom stereocenters. The summed E-state index contributed by atoms with van der Waals surface area (Å²) in [4.78, 5) is 13.7. The van der Waals surface area contributed by atoms with Crippen LogP contribution in [-0.4, -0.2) is 67.1 Å². The minimum atomic E-state index is -3.03. The number of nitrogens with zero attached hydrogens (tertiary/aromatic N) is 1. The average Bonchev–Trinajstić information content (AvgIpc) is 2.64. The molecule has 0 aromatic carbocycles. The second-order valence-corrected chi connectivity index (χ2v) is 8.52. The fraction of sp³-hybridized carbons (Fsp3) is 0.923. The monoisotopic (exact) mass is 306 g/mol. The molecule has 1 aliphatic rings. The topological polar surface area (TPSA) is 86.7 Å². The predicted molar refractivity (Wildman–Crippen MR) is 78.2 cm³/mol. The zero-order valence-corrected chi connectivity index (χ0v) is 13.4. The Balaban J connectivity index is 2.55. The molecule has 7 heteroatoms. The maximum absolute atomic E-state index is 12.2. The summed E-state index contributed by atoms with van der Waals surface area (Å²) in [5.41, 5.74) is -0.0568. The van der Waals surface area contributed by atoms with E-state index < -0.39 is 9.84 Å². The molecule has 1 aliphatic heterocycles. The summed E-state index contributed by atoms with van der Waals surface area (Å²) in [6.45, 7) is 6.67. The zero-order chi connectivity index (χ0) is 15.4. The summed E-state index contributed by atoms with van der Waals surface area (Å²) in [7, 11) is -3.03. The van der Waals surface area contributed by atoms with Crippen molar-refractivity contribution < 1.29 is 18.3 Å². The van der Waals surface area contributed by atoms with Crippen LogP contribution in [0, 0.1) is 0 Å². The van der Waals surface area contributed by atoms with Gasteiger partial charge in [-0.05, 0) is 27.2 Å². The molecule has 6 nitrogen and oxygen atoms in total. The van der Waals surface area contributed by atoms with E-state index in [1.807, 2.05) is 20.8 Å². The number of aliphatic hydroxyl groups excluding tert-OH is 1. The molecule has 0 radical (unpaired) electrons. The van der Waals surface area contributed by atoms with Gasteiger partial charge >= 0.3 is 0 Å². The van der Waals surface area contributed by atoms with Gasteiger partial charge in [0.25, 0.3) is 0 Å². The maximum atomic E-state index is 12.2. The molecule has 0 spiro atoms. The number of hydrogen-bond donors (Lipinski definition) is 2. The highest BCUT2D eigenvalue weighted by Crippen LogP contribution is 2.18. The second-order valence-electron chi connectivity index (χ2n) is 6.29. The number of aliphatic hydroxyl groups is 1. The Labute approximate surface area is 121 Å². The molecule has 1 saturated heterocycles. The van der Waals surface area contributed by atoms with Crippen molar-refractivity contribution in [1.29, 1.82) is 0 Å². The first-order chi connectivity index (χ1) is 9.14. The highest BCUT2D eigenvalue weighted by Gasteiger charge is 2.34. The number of carbonyl (C=O) groups is 1. The molecule has 0 saturated carbocycles. The third-order valence-electron chi connectivity index (χ3n) is 3.30. The van der Waals surface area contributed by atoms with Gasteiger partial charge in [-0.1, -0.05) is 0 Å². The molecule has 118 valence electrons. The summed E-state index contributed by atoms with van der Waals surface area (Å²) in [6.07, 6.45) is 0.786. The number of rotatable bonds is 6. The molecular weight excluding hydrogens is 280 g/mol. The van der Waals surface area contributed by atoms with Crippen LogP contribution >= 0.6 is 0 Å². The molecule has 0 aliphatic carbocycles. The second kappa shape index (κ2) is 6.87. The molecule has 2 N–H and O–H groups in total. The van der Waals surface area contributed by atoms with Gasteiger partial charge in [0, 0.05) is 31.1 Å². The Kier molecular flexibility index (Phi) is 5.97. The van der Waals surface area contributed by atoms with E-state index in [-0.39, 0.29) is 42.1 Å². The van der Waals surface area contributed by atoms with E-state index in [2.05, 4.69) is 5.32 Å². The van der Waals surface area contributed by atoms with Crippen molar-refractivity contribution in [3.8, 4) is 0 Å². The summed E-state index contributed by atoms with van der Waals surface area (Å²) in [5, 5.41) is 12.3. The molecule has 0 bridgehead atoms. The van der Waals surface area contributed by atoms with Crippen LogP contribution in [0.2, 0.25) is 0 Å². The lowest BCUT2D eigenvalue weighted by atomic mass is 10.1. The van der Waals surface area contributed by atoms with Gasteiger partial charge < -0.3 is 15.3 Å². The van der Waals surface area contributed by atoms with Crippen molar-refractivity contribution in [2.24, 2.45) is 0 Å². The van der Waals surface area contributed by atoms with Crippen molar-refractivity contribution in [2.75, 3.05) is 31.2 Å². The number of carbonyl (C=O) groups excluding carboxylic acids is 1. The molecule has 0 aromatic rings. The van der Waals surface area contributed by atoms with Crippen LogP contribution < -0.4 is 5.32 Å². The van der Waals surface area contributed by atoms with E-state index in [4.69, 9.17) is 5.11 Å². The van der Waals surface area contributed by atoms with Crippen molar-refractivity contribution >= 4 is 15.7 Å². The number of nitrogens with one attached hydrogen (secondary N) is 1. The minimum absolute atomic E-state index is 0.0193. The molecule has 1 unspecified atom stereocenters. The average molecular weight is 306 g/mol. The molecule has 1 amide bonds. The third kappa shape index (κ3) is 5.76. The first kappa shape index (κ1) is 17.4. The standard InChI is InChI=1S/C13H26N2O4S/c1-13(2,3)14-6-4-12(17)15(7-8-16)11-5-9-20(18,19)10-11/h11,14,16H,4-10H2,1-3H3. The molecule has 0 aromatic heterocycles. The van der Waals surface area contributed by atoms with Crippen LogP contribution in [0.15, 0.2) is 0 Å². The molecule has 1 heterocycles. The predicted octanol–water partition coefficient (Wildman–Crippen LogP) is -0.227. The Hall–Kier alpha value is -0.660. The molecular formula is C13H26N2O4S. The molecule has 20 heavy (non-hydrogen) atoms. The summed E-state index contributed by atoms with van der Waals surface area (Å²) < 4.78 is 23.0. The van der Waals surface area contributed by atoms with E-state index >= 15 is 0 Å². The largest absolute Gasteiger partial charge is 0.395 e. The quantitative estimate of drug-likeness (QED) is 0.708. The SMILES string of the molecule is CC(C)(C)NCCC(=O)N(CCO)C1CCS(=O)(=O)C1. The highest BCUT2D eigenvalue weighted by molar-refractivity contribution is 7.91. The Morgan fingerprint density at radius 2 is 2.05 bits per heavy atom. The summed E-state index contributed by atoms with van der Waals surface area (Å²) in [6, 6.07) is -0.283. The Bertz CT molecular complexity index is 428. The van der Waals surface area contributed by atoms with Crippen molar-refractivity contribution in [1.82, 2.24) is 10.2 Å². The Morgan fingerprint density at radius 1 is 1.40 bits per heavy atom. The van der Waals surface area contributed by atoms with Gasteiger partial charge in [-0.25, -0.2) is 8.42 Å². The van der Waals surface area contributed by atoms with Crippen LogP contribution in [0.3, 0.4) is 0 Å². The van der Waals surface area contributed by atoms with Crippen molar-refractivity contribution in [2.45, 2.75) is 45.2 Å². The van der Waals surface area contributed by atoms with E-state index in [1.54, 1.807) is 0 Å². The number of amides is 1. The lowest BCUT2D eigenvalue weighted by molar-refractivity contribution is -0.133. The fourth-order valence-corrected chi connectivity index (χ4v) is 4.06. The van der Waals surface area contributed by atoms with Crippen LogP contribution in [0.4, 0.5) is 0 Å². The maximum Gasteiger partial charge on any atom is 0.224 e. The van der Waals surface area contributed by atoms with E-state index in [0.717, 1.165) is 0 Å². The lowest BCUT2D eigenvalue weighted by Crippen LogP contribution is -2.45.